The van der Waals surface area contributed by atoms with Crippen LogP contribution in [0.3, 0.4) is 0 Å². The smallest absolute Gasteiger partial charge is 0.0723 e. The number of hydrogen-bond acceptors (Lipinski definition) is 4. The molecule has 2 aliphatic carbocycles. The van der Waals surface area contributed by atoms with Gasteiger partial charge in [-0.15, -0.1) is 12.3 Å². The van der Waals surface area contributed by atoms with Gasteiger partial charge >= 0.3 is 0 Å². The Labute approximate surface area is 224 Å². The van der Waals surface area contributed by atoms with E-state index in [1.165, 1.54) is 69.9 Å². The quantitative estimate of drug-likeness (QED) is 0.234. The van der Waals surface area contributed by atoms with Crippen LogP contribution in [-0.4, -0.2) is 36.7 Å². The van der Waals surface area contributed by atoms with Crippen molar-refractivity contribution >= 4 is 6.72 Å². The van der Waals surface area contributed by atoms with Gasteiger partial charge in [0.05, 0.1) is 11.7 Å². The van der Waals surface area contributed by atoms with Gasteiger partial charge in [0.15, 0.2) is 0 Å². The Hall–Kier alpha value is -2.16. The summed E-state index contributed by atoms with van der Waals surface area (Å²) in [6.07, 6.45) is 18.5. The zero-order valence-electron chi connectivity index (χ0n) is 24.6. The number of nitrogens with zero attached hydrogens (tertiary/aromatic N) is 2. The molecular formula is C32H58N4. The minimum absolute atomic E-state index is 0.106. The highest BCUT2D eigenvalue weighted by Crippen LogP contribution is 2.34. The molecule has 4 heteroatoms. The van der Waals surface area contributed by atoms with E-state index in [-0.39, 0.29) is 6.04 Å². The fourth-order valence-electron chi connectivity index (χ4n) is 4.97. The second-order valence-electron chi connectivity index (χ2n) is 9.78. The monoisotopic (exact) mass is 498 g/mol. The van der Waals surface area contributed by atoms with E-state index in [9.17, 15) is 0 Å². The second-order valence-corrected chi connectivity index (χ2v) is 9.78. The summed E-state index contributed by atoms with van der Waals surface area (Å²) in [5.74, 6) is 2.53. The molecule has 0 amide bonds. The first-order valence-corrected chi connectivity index (χ1v) is 14.1. The van der Waals surface area contributed by atoms with Crippen LogP contribution in [0.25, 0.3) is 0 Å². The van der Waals surface area contributed by atoms with Crippen molar-refractivity contribution in [3.8, 4) is 0 Å². The highest BCUT2D eigenvalue weighted by Gasteiger charge is 2.20. The van der Waals surface area contributed by atoms with Crippen molar-refractivity contribution in [1.82, 2.24) is 9.88 Å². The van der Waals surface area contributed by atoms with Gasteiger partial charge in [0, 0.05) is 31.9 Å². The maximum Gasteiger partial charge on any atom is 0.0723 e. The summed E-state index contributed by atoms with van der Waals surface area (Å²) in [6.45, 7) is 17.8. The van der Waals surface area contributed by atoms with Crippen LogP contribution in [0, 0.1) is 17.2 Å². The Morgan fingerprint density at radius 2 is 1.75 bits per heavy atom. The third-order valence-electron chi connectivity index (χ3n) is 6.67. The SMILES string of the molecule is C=C=C(C(N)CCC1CCCCC1)N(C)C.C=CC.C=N.CC.CC1CCCC(c2ccccn2)C1. The molecule has 3 rings (SSSR count). The van der Waals surface area contributed by atoms with E-state index < -0.39 is 0 Å². The van der Waals surface area contributed by atoms with Gasteiger partial charge in [-0.1, -0.05) is 84.4 Å². The molecule has 1 heterocycles. The highest BCUT2D eigenvalue weighted by atomic mass is 15.1. The lowest BCUT2D eigenvalue weighted by Crippen LogP contribution is -2.31. The Morgan fingerprint density at radius 1 is 1.14 bits per heavy atom. The number of likely N-dealkylation sites (N-methyl/N-ethyl adjacent to an activating group) is 1. The summed E-state index contributed by atoms with van der Waals surface area (Å²) >= 11 is 0. The number of nitrogens with two attached hydrogens (primary N) is 1. The fraction of sp³-hybridized carbons (Fsp3) is 0.656. The van der Waals surface area contributed by atoms with Crippen molar-refractivity contribution in [2.45, 2.75) is 110 Å². The summed E-state index contributed by atoms with van der Waals surface area (Å²) in [7, 11) is 4.02. The van der Waals surface area contributed by atoms with Crippen molar-refractivity contribution in [1.29, 1.82) is 5.41 Å². The summed E-state index contributed by atoms with van der Waals surface area (Å²) in [5.41, 5.74) is 11.5. The second kappa shape index (κ2) is 24.5. The van der Waals surface area contributed by atoms with Gasteiger partial charge in [0.2, 0.25) is 0 Å². The van der Waals surface area contributed by atoms with Gasteiger partial charge in [-0.2, -0.15) is 0 Å². The van der Waals surface area contributed by atoms with E-state index in [2.05, 4.69) is 49.6 Å². The molecule has 36 heavy (non-hydrogen) atoms. The molecule has 4 nitrogen and oxygen atoms in total. The van der Waals surface area contributed by atoms with Gasteiger partial charge in [-0.05, 0) is 63.3 Å². The molecule has 0 aliphatic heterocycles. The number of nitrogens with one attached hydrogen (secondary N) is 1. The predicted molar refractivity (Wildman–Crippen MR) is 162 cm³/mol. The van der Waals surface area contributed by atoms with Crippen LogP contribution in [0.4, 0.5) is 0 Å². The molecule has 2 aliphatic rings. The van der Waals surface area contributed by atoms with E-state index in [0.717, 1.165) is 29.9 Å². The maximum atomic E-state index is 6.17. The number of aromatic nitrogens is 1. The Bertz CT molecular complexity index is 673. The molecular weight excluding hydrogens is 440 g/mol. The molecule has 0 bridgehead atoms. The maximum absolute atomic E-state index is 6.17. The lowest BCUT2D eigenvalue weighted by molar-refractivity contribution is 0.320. The van der Waals surface area contributed by atoms with E-state index in [1.807, 2.05) is 52.0 Å². The van der Waals surface area contributed by atoms with E-state index in [0.29, 0.717) is 0 Å². The van der Waals surface area contributed by atoms with E-state index in [4.69, 9.17) is 11.1 Å². The molecule has 3 N–H and O–H groups in total. The summed E-state index contributed by atoms with van der Waals surface area (Å²) in [6, 6.07) is 6.37. The van der Waals surface area contributed by atoms with Crippen LogP contribution in [0.15, 0.2) is 55.1 Å². The first kappa shape index (κ1) is 36.0. The average molecular weight is 499 g/mol. The van der Waals surface area contributed by atoms with Crippen molar-refractivity contribution in [2.75, 3.05) is 14.1 Å². The fourth-order valence-corrected chi connectivity index (χ4v) is 4.97. The van der Waals surface area contributed by atoms with Gasteiger partial charge in [0.1, 0.15) is 0 Å². The molecule has 0 saturated heterocycles. The third kappa shape index (κ3) is 16.5. The van der Waals surface area contributed by atoms with E-state index >= 15 is 0 Å². The van der Waals surface area contributed by atoms with Gasteiger partial charge < -0.3 is 16.0 Å². The summed E-state index contributed by atoms with van der Waals surface area (Å²) in [4.78, 5) is 6.46. The van der Waals surface area contributed by atoms with Crippen LogP contribution in [0.1, 0.15) is 110 Å². The number of allylic oxidation sites excluding steroid dienone is 1. The van der Waals surface area contributed by atoms with Crippen molar-refractivity contribution in [2.24, 2.45) is 17.6 Å². The summed E-state index contributed by atoms with van der Waals surface area (Å²) in [5, 5.41) is 5.50. The molecule has 1 aromatic rings. The molecule has 0 spiro atoms. The Kier molecular flexibility index (Phi) is 24.5. The lowest BCUT2D eigenvalue weighted by atomic mass is 9.81. The van der Waals surface area contributed by atoms with Gasteiger partial charge in [0.25, 0.3) is 0 Å². The minimum Gasteiger partial charge on any atom is -0.373 e. The van der Waals surface area contributed by atoms with Crippen molar-refractivity contribution in [3.05, 3.63) is 60.8 Å². The van der Waals surface area contributed by atoms with E-state index in [1.54, 1.807) is 6.08 Å². The zero-order valence-corrected chi connectivity index (χ0v) is 24.6. The lowest BCUT2D eigenvalue weighted by Gasteiger charge is -2.26. The molecule has 3 unspecified atom stereocenters. The first-order valence-electron chi connectivity index (χ1n) is 14.1. The highest BCUT2D eigenvalue weighted by molar-refractivity contribution is 5.15. The topological polar surface area (TPSA) is 66.0 Å². The Morgan fingerprint density at radius 3 is 2.22 bits per heavy atom. The molecule has 2 fully saturated rings. The van der Waals surface area contributed by atoms with Gasteiger partial charge in [-0.3, -0.25) is 4.98 Å². The number of rotatable bonds is 6. The van der Waals surface area contributed by atoms with Crippen molar-refractivity contribution < 1.29 is 0 Å². The van der Waals surface area contributed by atoms with Crippen LogP contribution in [0.2, 0.25) is 0 Å². The van der Waals surface area contributed by atoms with Crippen LogP contribution >= 0.6 is 0 Å². The molecule has 1 aromatic heterocycles. The zero-order chi connectivity index (χ0) is 27.8. The molecule has 0 radical (unpaired) electrons. The normalized spacial score (nSPS) is 19.4. The minimum atomic E-state index is 0.106. The van der Waals surface area contributed by atoms with Crippen LogP contribution in [0.5, 0.6) is 0 Å². The standard InChI is InChI=1S/C14H26N2.C12H17N.C3H6.C2H6.CH3N/c1-4-14(16(2)3)13(15)11-10-12-8-6-5-7-9-12;1-10-5-4-6-11(9-10)12-7-2-3-8-13-12;1-3-2;2*1-2/h12-13H,1,5-11,15H2,2-3H3;2-3,7-8,10-11H,4-6,9H2,1H3;3H,1H2,2H3;1-2H3;2H,1H2. The largest absolute Gasteiger partial charge is 0.373 e. The Balaban J connectivity index is 0. The molecule has 0 aromatic carbocycles. The number of pyridine rings is 1. The average Bonchev–Trinajstić information content (AvgIpc) is 2.92. The first-order chi connectivity index (χ1) is 17.4. The van der Waals surface area contributed by atoms with Crippen LogP contribution < -0.4 is 5.73 Å². The molecule has 206 valence electrons. The van der Waals surface area contributed by atoms with Crippen LogP contribution in [-0.2, 0) is 0 Å². The predicted octanol–water partition coefficient (Wildman–Crippen LogP) is 8.76. The third-order valence-corrected chi connectivity index (χ3v) is 6.67. The number of hydrogen-bond donors (Lipinski definition) is 2. The summed E-state index contributed by atoms with van der Waals surface area (Å²) < 4.78 is 0. The van der Waals surface area contributed by atoms with Crippen molar-refractivity contribution in [3.63, 3.8) is 0 Å². The molecule has 2 saturated carbocycles. The van der Waals surface area contributed by atoms with Gasteiger partial charge in [-0.25, -0.2) is 0 Å². The molecule has 3 atom stereocenters.